The normalized spacial score (nSPS) is 15.1. The maximum Gasteiger partial charge on any atom is 0.429 e. The van der Waals surface area contributed by atoms with Gasteiger partial charge in [0.1, 0.15) is 23.2 Å². The predicted octanol–water partition coefficient (Wildman–Crippen LogP) is 9.00. The van der Waals surface area contributed by atoms with Gasteiger partial charge in [-0.05, 0) is 71.2 Å². The zero-order chi connectivity index (χ0) is 26.3. The summed E-state index contributed by atoms with van der Waals surface area (Å²) in [6.45, 7) is 3.39. The van der Waals surface area contributed by atoms with E-state index in [1.807, 2.05) is 24.3 Å². The number of hydrogen-bond acceptors (Lipinski definition) is 1. The molecule has 0 saturated heterocycles. The molecule has 37 heavy (non-hydrogen) atoms. The summed E-state index contributed by atoms with van der Waals surface area (Å²) in [6.07, 6.45) is -0.763. The molecule has 190 valence electrons. The van der Waals surface area contributed by atoms with E-state index in [4.69, 9.17) is 0 Å². The van der Waals surface area contributed by atoms with Crippen molar-refractivity contribution in [2.75, 3.05) is 0 Å². The minimum absolute atomic E-state index is 0.321. The topological polar surface area (TPSA) is 9.23 Å². The Hall–Kier alpha value is -3.67. The van der Waals surface area contributed by atoms with Gasteiger partial charge in [-0.25, -0.2) is 13.2 Å². The summed E-state index contributed by atoms with van der Waals surface area (Å²) < 4.78 is 76.1. The van der Waals surface area contributed by atoms with Crippen molar-refractivity contribution in [3.8, 4) is 28.0 Å². The third-order valence-corrected chi connectivity index (χ3v) is 7.14. The molecular weight excluding hydrogens is 483 g/mol. The molecule has 0 radical (unpaired) electrons. The van der Waals surface area contributed by atoms with Gasteiger partial charge in [0.2, 0.25) is 0 Å². The van der Waals surface area contributed by atoms with Gasteiger partial charge in [0.05, 0.1) is 5.56 Å². The molecule has 0 amide bonds. The van der Waals surface area contributed by atoms with E-state index in [0.29, 0.717) is 29.2 Å². The van der Waals surface area contributed by atoms with Gasteiger partial charge >= 0.3 is 6.11 Å². The molecule has 0 saturated carbocycles. The van der Waals surface area contributed by atoms with E-state index in [0.717, 1.165) is 42.5 Å². The molecule has 0 aliphatic heterocycles. The number of benzene rings is 4. The summed E-state index contributed by atoms with van der Waals surface area (Å²) in [5, 5.41) is 0. The fourth-order valence-corrected chi connectivity index (χ4v) is 4.85. The van der Waals surface area contributed by atoms with E-state index >= 15 is 0 Å². The summed E-state index contributed by atoms with van der Waals surface area (Å²) in [7, 11) is 0. The molecule has 1 aliphatic carbocycles. The molecule has 5 rings (SSSR count). The lowest BCUT2D eigenvalue weighted by atomic mass is 9.97. The first-order valence-corrected chi connectivity index (χ1v) is 12.2. The van der Waals surface area contributed by atoms with Crippen LogP contribution in [0.2, 0.25) is 0 Å². The van der Waals surface area contributed by atoms with Crippen molar-refractivity contribution >= 4 is 0 Å². The van der Waals surface area contributed by atoms with Gasteiger partial charge in [-0.15, -0.1) is 0 Å². The second-order valence-corrected chi connectivity index (χ2v) is 9.57. The monoisotopic (exact) mass is 508 g/mol. The SMILES string of the molecule is CCC1Cc2ccc(-c3ccc(-c4ccc(C(F)(F)Oc5cc(F)c(C)c(F)c5)c(F)c4)cc3)cc2C1. The fraction of sp³-hybridized carbons (Fsp3) is 0.226. The summed E-state index contributed by atoms with van der Waals surface area (Å²) in [5.74, 6) is -3.29. The standard InChI is InChI=1S/C31H25F5O/c1-3-19-12-22-8-9-23(14-25(22)13-19)20-4-6-21(7-5-20)24-10-11-27(30(34)15-24)31(35,36)37-26-16-28(32)18(2)29(33)17-26/h4-11,14-17,19H,3,12-13H2,1-2H3. The molecule has 0 aromatic heterocycles. The second kappa shape index (κ2) is 9.66. The summed E-state index contributed by atoms with van der Waals surface area (Å²) in [4.78, 5) is 0. The minimum Gasteiger partial charge on any atom is -0.429 e. The first kappa shape index (κ1) is 25.0. The first-order chi connectivity index (χ1) is 17.6. The van der Waals surface area contributed by atoms with Crippen molar-refractivity contribution in [3.05, 3.63) is 113 Å². The van der Waals surface area contributed by atoms with Gasteiger partial charge < -0.3 is 4.74 Å². The Morgan fingerprint density at radius 1 is 0.703 bits per heavy atom. The number of halogens is 5. The molecule has 0 fully saturated rings. The van der Waals surface area contributed by atoms with Crippen LogP contribution in [0.5, 0.6) is 5.75 Å². The van der Waals surface area contributed by atoms with Crippen molar-refractivity contribution in [1.29, 1.82) is 0 Å². The van der Waals surface area contributed by atoms with Crippen LogP contribution >= 0.6 is 0 Å². The van der Waals surface area contributed by atoms with Crippen LogP contribution in [0.15, 0.2) is 72.8 Å². The average molecular weight is 509 g/mol. The highest BCUT2D eigenvalue weighted by Gasteiger charge is 2.38. The number of hydrogen-bond donors (Lipinski definition) is 0. The third kappa shape index (κ3) is 4.97. The molecule has 1 aliphatic rings. The molecular formula is C31H25F5O. The van der Waals surface area contributed by atoms with Crippen molar-refractivity contribution in [1.82, 2.24) is 0 Å². The predicted molar refractivity (Wildman–Crippen MR) is 134 cm³/mol. The highest BCUT2D eigenvalue weighted by atomic mass is 19.3. The fourth-order valence-electron chi connectivity index (χ4n) is 4.85. The van der Waals surface area contributed by atoms with Crippen LogP contribution in [0.4, 0.5) is 22.0 Å². The number of alkyl halides is 2. The molecule has 1 atom stereocenters. The number of rotatable bonds is 6. The summed E-state index contributed by atoms with van der Waals surface area (Å²) in [6, 6.07) is 18.6. The maximum absolute atomic E-state index is 14.8. The molecule has 6 heteroatoms. The lowest BCUT2D eigenvalue weighted by molar-refractivity contribution is -0.187. The molecule has 0 bridgehead atoms. The highest BCUT2D eigenvalue weighted by Crippen LogP contribution is 2.37. The maximum atomic E-state index is 14.8. The van der Waals surface area contributed by atoms with Crippen molar-refractivity contribution in [2.45, 2.75) is 39.2 Å². The summed E-state index contributed by atoms with van der Waals surface area (Å²) in [5.41, 5.74) is 4.62. The molecule has 4 aromatic rings. The molecule has 0 heterocycles. The number of fused-ring (bicyclic) bond motifs is 1. The second-order valence-electron chi connectivity index (χ2n) is 9.57. The quantitative estimate of drug-likeness (QED) is 0.236. The smallest absolute Gasteiger partial charge is 0.429 e. The Morgan fingerprint density at radius 2 is 1.24 bits per heavy atom. The lowest BCUT2D eigenvalue weighted by Gasteiger charge is -2.19. The van der Waals surface area contributed by atoms with E-state index in [9.17, 15) is 22.0 Å². The Kier molecular flexibility index (Phi) is 6.52. The summed E-state index contributed by atoms with van der Waals surface area (Å²) >= 11 is 0. The van der Waals surface area contributed by atoms with Crippen molar-refractivity contribution in [3.63, 3.8) is 0 Å². The van der Waals surface area contributed by atoms with Crippen LogP contribution in [0.25, 0.3) is 22.3 Å². The first-order valence-electron chi connectivity index (χ1n) is 12.2. The molecule has 4 aromatic carbocycles. The van der Waals surface area contributed by atoms with Crippen LogP contribution in [-0.2, 0) is 19.0 Å². The Bertz CT molecular complexity index is 1440. The van der Waals surface area contributed by atoms with E-state index in [2.05, 4.69) is 29.9 Å². The largest absolute Gasteiger partial charge is 0.429 e. The van der Waals surface area contributed by atoms with Gasteiger partial charge in [0.25, 0.3) is 0 Å². The Balaban J connectivity index is 1.35. The van der Waals surface area contributed by atoms with Crippen LogP contribution in [0.3, 0.4) is 0 Å². The molecule has 1 nitrogen and oxygen atoms in total. The van der Waals surface area contributed by atoms with Crippen molar-refractivity contribution in [2.24, 2.45) is 5.92 Å². The van der Waals surface area contributed by atoms with Gasteiger partial charge in [-0.1, -0.05) is 61.9 Å². The van der Waals surface area contributed by atoms with Crippen LogP contribution in [-0.4, -0.2) is 0 Å². The van der Waals surface area contributed by atoms with Crippen LogP contribution in [0, 0.1) is 30.3 Å². The molecule has 0 spiro atoms. The van der Waals surface area contributed by atoms with Crippen molar-refractivity contribution < 1.29 is 26.7 Å². The van der Waals surface area contributed by atoms with Gasteiger partial charge in [-0.2, -0.15) is 8.78 Å². The van der Waals surface area contributed by atoms with E-state index < -0.39 is 34.9 Å². The third-order valence-electron chi connectivity index (χ3n) is 7.14. The highest BCUT2D eigenvalue weighted by molar-refractivity contribution is 5.71. The molecule has 0 N–H and O–H groups in total. The minimum atomic E-state index is -4.13. The van der Waals surface area contributed by atoms with Gasteiger partial charge in [0, 0.05) is 17.7 Å². The molecule has 1 unspecified atom stereocenters. The lowest BCUT2D eigenvalue weighted by Crippen LogP contribution is -2.23. The average Bonchev–Trinajstić information content (AvgIpc) is 3.29. The zero-order valence-electron chi connectivity index (χ0n) is 20.4. The number of ether oxygens (including phenoxy) is 1. The van der Waals surface area contributed by atoms with Gasteiger partial charge in [-0.3, -0.25) is 0 Å². The van der Waals surface area contributed by atoms with Gasteiger partial charge in [0.15, 0.2) is 0 Å². The van der Waals surface area contributed by atoms with E-state index in [1.54, 1.807) is 0 Å². The van der Waals surface area contributed by atoms with Crippen LogP contribution in [0.1, 0.15) is 35.6 Å². The van der Waals surface area contributed by atoms with E-state index in [1.165, 1.54) is 24.1 Å². The Morgan fingerprint density at radius 3 is 1.84 bits per heavy atom. The Labute approximate surface area is 212 Å². The zero-order valence-corrected chi connectivity index (χ0v) is 20.4. The van der Waals surface area contributed by atoms with E-state index in [-0.39, 0.29) is 5.56 Å². The van der Waals surface area contributed by atoms with Crippen LogP contribution < -0.4 is 4.74 Å².